The fourth-order valence-electron chi connectivity index (χ4n) is 1.32. The molecule has 6 heteroatoms. The predicted molar refractivity (Wildman–Crippen MR) is 95.6 cm³/mol. The molecule has 0 aliphatic heterocycles. The van der Waals surface area contributed by atoms with E-state index in [1.54, 1.807) is 11.3 Å². The van der Waals surface area contributed by atoms with Crippen LogP contribution in [0.3, 0.4) is 0 Å². The number of thioether (sulfide) groups is 1. The number of halogens is 1. The number of nitrogens with zero attached hydrogens (tertiary/aromatic N) is 1. The number of aliphatic imine (C=N–C) groups is 1. The number of guanidine groups is 1. The molecule has 0 atom stereocenters. The molecular weight excluding hydrogens is 377 g/mol. The summed E-state index contributed by atoms with van der Waals surface area (Å²) in [5.74, 6) is 2.11. The van der Waals surface area contributed by atoms with Gasteiger partial charge in [0.25, 0.3) is 0 Å². The maximum atomic E-state index is 4.55. The Balaban J connectivity index is 0.00000289. The van der Waals surface area contributed by atoms with Crippen LogP contribution in [0.15, 0.2) is 22.5 Å². The summed E-state index contributed by atoms with van der Waals surface area (Å²) >= 11 is 3.63. The molecule has 0 saturated heterocycles. The molecule has 0 aromatic carbocycles. The van der Waals surface area contributed by atoms with Crippen LogP contribution in [0.25, 0.3) is 0 Å². The lowest BCUT2D eigenvalue weighted by Gasteiger charge is -2.10. The molecule has 0 spiro atoms. The van der Waals surface area contributed by atoms with Crippen molar-refractivity contribution in [1.82, 2.24) is 10.6 Å². The van der Waals surface area contributed by atoms with Gasteiger partial charge in [-0.2, -0.15) is 11.8 Å². The van der Waals surface area contributed by atoms with Crippen molar-refractivity contribution in [3.63, 3.8) is 0 Å². The maximum Gasteiger partial charge on any atom is 0.191 e. The fourth-order valence-corrected chi connectivity index (χ4v) is 2.39. The van der Waals surface area contributed by atoms with Crippen LogP contribution in [-0.4, -0.2) is 31.1 Å². The van der Waals surface area contributed by atoms with Crippen molar-refractivity contribution in [3.8, 4) is 0 Å². The molecule has 1 rings (SSSR count). The molecule has 0 bridgehead atoms. The van der Waals surface area contributed by atoms with Crippen LogP contribution in [-0.2, 0) is 6.54 Å². The van der Waals surface area contributed by atoms with Gasteiger partial charge in [-0.15, -0.1) is 35.3 Å². The predicted octanol–water partition coefficient (Wildman–Crippen LogP) is 3.17. The quantitative estimate of drug-likeness (QED) is 0.320. The average Bonchev–Trinajstić information content (AvgIpc) is 2.84. The third-order valence-electron chi connectivity index (χ3n) is 2.14. The number of rotatable bonds is 7. The molecule has 18 heavy (non-hydrogen) atoms. The molecule has 0 saturated carbocycles. The van der Waals surface area contributed by atoms with E-state index in [1.165, 1.54) is 17.1 Å². The molecule has 104 valence electrons. The second kappa shape index (κ2) is 12.1. The Morgan fingerprint density at radius 3 is 2.89 bits per heavy atom. The van der Waals surface area contributed by atoms with Gasteiger partial charge in [-0.3, -0.25) is 0 Å². The highest BCUT2D eigenvalue weighted by Crippen LogP contribution is 2.09. The summed E-state index contributed by atoms with van der Waals surface area (Å²) in [4.78, 5) is 5.85. The van der Waals surface area contributed by atoms with Crippen molar-refractivity contribution in [1.29, 1.82) is 0 Å². The standard InChI is InChI=1S/C12H21N3S2.HI/c1-3-13-12(14-7-5-8-16-2)15-10-11-6-4-9-17-11;/h4,6,9H,3,5,7-8,10H2,1-2H3,(H2,13,14,15);1H. The number of thiophene rings is 1. The molecular formula is C12H22IN3S2. The lowest BCUT2D eigenvalue weighted by atomic mass is 10.4. The van der Waals surface area contributed by atoms with E-state index in [2.05, 4.69) is 46.3 Å². The van der Waals surface area contributed by atoms with Crippen LogP contribution in [0.1, 0.15) is 18.2 Å². The van der Waals surface area contributed by atoms with Crippen molar-refractivity contribution in [2.75, 3.05) is 25.1 Å². The molecule has 1 aromatic rings. The van der Waals surface area contributed by atoms with Gasteiger partial charge in [0.05, 0.1) is 6.54 Å². The largest absolute Gasteiger partial charge is 0.357 e. The van der Waals surface area contributed by atoms with Crippen molar-refractivity contribution < 1.29 is 0 Å². The first-order valence-electron chi connectivity index (χ1n) is 5.90. The zero-order valence-corrected chi connectivity index (χ0v) is 14.9. The van der Waals surface area contributed by atoms with Gasteiger partial charge < -0.3 is 10.6 Å². The van der Waals surface area contributed by atoms with E-state index in [4.69, 9.17) is 0 Å². The molecule has 1 aromatic heterocycles. The summed E-state index contributed by atoms with van der Waals surface area (Å²) in [6.45, 7) is 4.73. The monoisotopic (exact) mass is 399 g/mol. The molecule has 0 aliphatic rings. The summed E-state index contributed by atoms with van der Waals surface area (Å²) in [6.07, 6.45) is 3.31. The number of nitrogens with one attached hydrogen (secondary N) is 2. The van der Waals surface area contributed by atoms with Gasteiger partial charge in [0, 0.05) is 18.0 Å². The molecule has 0 unspecified atom stereocenters. The van der Waals surface area contributed by atoms with Gasteiger partial charge in [-0.1, -0.05) is 6.07 Å². The van der Waals surface area contributed by atoms with E-state index in [0.717, 1.165) is 25.6 Å². The maximum absolute atomic E-state index is 4.55. The van der Waals surface area contributed by atoms with E-state index in [9.17, 15) is 0 Å². The molecule has 2 N–H and O–H groups in total. The topological polar surface area (TPSA) is 36.4 Å². The third-order valence-corrected chi connectivity index (χ3v) is 3.69. The third kappa shape index (κ3) is 8.20. The van der Waals surface area contributed by atoms with E-state index >= 15 is 0 Å². The zero-order chi connectivity index (χ0) is 12.3. The number of hydrogen-bond acceptors (Lipinski definition) is 3. The lowest BCUT2D eigenvalue weighted by molar-refractivity contribution is 0.791. The Kier molecular flexibility index (Phi) is 12.1. The Morgan fingerprint density at radius 2 is 2.28 bits per heavy atom. The second-order valence-electron chi connectivity index (χ2n) is 3.55. The molecule has 0 fully saturated rings. The normalized spacial score (nSPS) is 10.9. The first kappa shape index (κ1) is 18.0. The Hall–Kier alpha value is 0.0500. The van der Waals surface area contributed by atoms with Crippen LogP contribution in [0, 0.1) is 0 Å². The van der Waals surface area contributed by atoms with Gasteiger partial charge in [-0.25, -0.2) is 4.99 Å². The molecule has 0 aliphatic carbocycles. The van der Waals surface area contributed by atoms with E-state index in [0.29, 0.717) is 0 Å². The highest BCUT2D eigenvalue weighted by molar-refractivity contribution is 14.0. The Labute approximate surface area is 135 Å². The first-order valence-corrected chi connectivity index (χ1v) is 8.17. The average molecular weight is 399 g/mol. The van der Waals surface area contributed by atoms with Crippen molar-refractivity contribution in [2.24, 2.45) is 4.99 Å². The zero-order valence-electron chi connectivity index (χ0n) is 10.9. The highest BCUT2D eigenvalue weighted by atomic mass is 127. The van der Waals surface area contributed by atoms with E-state index < -0.39 is 0 Å². The Morgan fingerprint density at radius 1 is 1.44 bits per heavy atom. The van der Waals surface area contributed by atoms with Gasteiger partial charge in [0.2, 0.25) is 0 Å². The molecule has 0 amide bonds. The SMILES string of the molecule is CCNC(=NCc1cccs1)NCCCSC.I. The first-order chi connectivity index (χ1) is 8.36. The lowest BCUT2D eigenvalue weighted by Crippen LogP contribution is -2.37. The van der Waals surface area contributed by atoms with Crippen molar-refractivity contribution in [2.45, 2.75) is 19.9 Å². The summed E-state index contributed by atoms with van der Waals surface area (Å²) in [7, 11) is 0. The minimum absolute atomic E-state index is 0. The van der Waals surface area contributed by atoms with Gasteiger partial charge >= 0.3 is 0 Å². The number of hydrogen-bond donors (Lipinski definition) is 2. The van der Waals surface area contributed by atoms with Crippen LogP contribution in [0.5, 0.6) is 0 Å². The van der Waals surface area contributed by atoms with Gasteiger partial charge in [0.15, 0.2) is 5.96 Å². The molecule has 1 heterocycles. The molecule has 0 radical (unpaired) electrons. The Bertz CT molecular complexity index is 315. The van der Waals surface area contributed by atoms with Crippen LogP contribution < -0.4 is 10.6 Å². The second-order valence-corrected chi connectivity index (χ2v) is 5.57. The molecule has 3 nitrogen and oxygen atoms in total. The van der Waals surface area contributed by atoms with Crippen molar-refractivity contribution >= 4 is 53.0 Å². The minimum Gasteiger partial charge on any atom is -0.357 e. The summed E-state index contributed by atoms with van der Waals surface area (Å²) in [6, 6.07) is 4.18. The minimum atomic E-state index is 0. The summed E-state index contributed by atoms with van der Waals surface area (Å²) in [5.41, 5.74) is 0. The van der Waals surface area contributed by atoms with Crippen LogP contribution in [0.4, 0.5) is 0 Å². The van der Waals surface area contributed by atoms with Gasteiger partial charge in [-0.05, 0) is 36.8 Å². The van der Waals surface area contributed by atoms with Gasteiger partial charge in [0.1, 0.15) is 0 Å². The fraction of sp³-hybridized carbons (Fsp3) is 0.583. The van der Waals surface area contributed by atoms with E-state index in [1.807, 2.05) is 11.8 Å². The highest BCUT2D eigenvalue weighted by Gasteiger charge is 1.97. The van der Waals surface area contributed by atoms with Crippen LogP contribution >= 0.6 is 47.1 Å². The summed E-state index contributed by atoms with van der Waals surface area (Å²) in [5, 5.41) is 8.69. The smallest absolute Gasteiger partial charge is 0.191 e. The van der Waals surface area contributed by atoms with Crippen LogP contribution in [0.2, 0.25) is 0 Å². The van der Waals surface area contributed by atoms with E-state index in [-0.39, 0.29) is 24.0 Å². The summed E-state index contributed by atoms with van der Waals surface area (Å²) < 4.78 is 0. The van der Waals surface area contributed by atoms with Crippen molar-refractivity contribution in [3.05, 3.63) is 22.4 Å².